The molecule has 1 fully saturated rings. The van der Waals surface area contributed by atoms with Gasteiger partial charge in [0.25, 0.3) is 0 Å². The van der Waals surface area contributed by atoms with Crippen molar-refractivity contribution in [2.24, 2.45) is 5.92 Å². The van der Waals surface area contributed by atoms with E-state index in [1.165, 1.54) is 4.31 Å². The fourth-order valence-electron chi connectivity index (χ4n) is 2.75. The van der Waals surface area contributed by atoms with Crippen LogP contribution in [0.2, 0.25) is 10.0 Å². The van der Waals surface area contributed by atoms with Gasteiger partial charge in [-0.3, -0.25) is 4.79 Å². The second-order valence-corrected chi connectivity index (χ2v) is 8.73. The zero-order chi connectivity index (χ0) is 17.7. The molecule has 0 bridgehead atoms. The maximum Gasteiger partial charge on any atom is 0.224 e. The fourth-order valence-corrected chi connectivity index (χ4v) is 5.11. The molecule has 0 saturated carbocycles. The van der Waals surface area contributed by atoms with Crippen molar-refractivity contribution >= 4 is 39.1 Å². The highest BCUT2D eigenvalue weighted by atomic mass is 35.5. The highest BCUT2D eigenvalue weighted by Gasteiger charge is 2.32. The van der Waals surface area contributed by atoms with Crippen molar-refractivity contribution in [3.63, 3.8) is 0 Å². The molecule has 1 aromatic carbocycles. The van der Waals surface area contributed by atoms with E-state index in [2.05, 4.69) is 5.32 Å². The van der Waals surface area contributed by atoms with E-state index in [4.69, 9.17) is 23.2 Å². The number of halogens is 2. The lowest BCUT2D eigenvalue weighted by Crippen LogP contribution is -2.45. The summed E-state index contributed by atoms with van der Waals surface area (Å²) in [5.74, 6) is -0.635. The number of hydrogen-bond donors (Lipinski definition) is 1. The second kappa shape index (κ2) is 8.52. The van der Waals surface area contributed by atoms with E-state index in [-0.39, 0.29) is 24.1 Å². The number of amides is 1. The summed E-state index contributed by atoms with van der Waals surface area (Å²) in [6, 6.07) is 4.92. The zero-order valence-corrected chi connectivity index (χ0v) is 15.9. The van der Waals surface area contributed by atoms with Gasteiger partial charge in [0.05, 0.1) is 11.7 Å². The Morgan fingerprint density at radius 1 is 1.33 bits per heavy atom. The summed E-state index contributed by atoms with van der Waals surface area (Å²) < 4.78 is 26.8. The standard InChI is InChI=1S/C16H22Cl2N2O3S/c1-2-8-19-16(21)12-5-4-9-20(10-12)24(22,23)11-13-14(17)6-3-7-15(13)18/h3,6-7,12H,2,4-5,8-11H2,1H3,(H,19,21). The van der Waals surface area contributed by atoms with Gasteiger partial charge in [0.2, 0.25) is 15.9 Å². The Bertz CT molecular complexity index is 674. The van der Waals surface area contributed by atoms with Crippen LogP contribution in [0.4, 0.5) is 0 Å². The number of carbonyl (C=O) groups excluding carboxylic acids is 1. The molecule has 1 heterocycles. The summed E-state index contributed by atoms with van der Waals surface area (Å²) in [6.07, 6.45) is 2.22. The van der Waals surface area contributed by atoms with E-state index < -0.39 is 10.0 Å². The number of nitrogens with zero attached hydrogens (tertiary/aromatic N) is 1. The smallest absolute Gasteiger partial charge is 0.224 e. The average Bonchev–Trinajstić information content (AvgIpc) is 2.56. The molecule has 2 rings (SSSR count). The van der Waals surface area contributed by atoms with Crippen molar-refractivity contribution < 1.29 is 13.2 Å². The number of sulfonamides is 1. The highest BCUT2D eigenvalue weighted by molar-refractivity contribution is 7.88. The molecule has 1 saturated heterocycles. The molecule has 0 radical (unpaired) electrons. The second-order valence-electron chi connectivity index (χ2n) is 5.94. The van der Waals surface area contributed by atoms with Gasteiger partial charge in [0, 0.05) is 35.2 Å². The summed E-state index contributed by atoms with van der Waals surface area (Å²) in [5.41, 5.74) is 0.401. The van der Waals surface area contributed by atoms with Crippen molar-refractivity contribution in [3.8, 4) is 0 Å². The van der Waals surface area contributed by atoms with Gasteiger partial charge >= 0.3 is 0 Å². The molecular formula is C16H22Cl2N2O3S. The van der Waals surface area contributed by atoms with Crippen molar-refractivity contribution in [1.82, 2.24) is 9.62 Å². The molecule has 5 nitrogen and oxygen atoms in total. The van der Waals surface area contributed by atoms with Gasteiger partial charge in [-0.15, -0.1) is 0 Å². The van der Waals surface area contributed by atoms with E-state index >= 15 is 0 Å². The summed E-state index contributed by atoms with van der Waals surface area (Å²) in [7, 11) is -3.58. The van der Waals surface area contributed by atoms with Crippen molar-refractivity contribution in [2.45, 2.75) is 31.9 Å². The lowest BCUT2D eigenvalue weighted by Gasteiger charge is -2.31. The maximum atomic E-state index is 12.7. The molecule has 1 atom stereocenters. The largest absolute Gasteiger partial charge is 0.356 e. The molecule has 1 aliphatic heterocycles. The minimum absolute atomic E-state index is 0.0764. The van der Waals surface area contributed by atoms with Gasteiger partial charge < -0.3 is 5.32 Å². The number of rotatable bonds is 6. The van der Waals surface area contributed by atoms with E-state index in [0.29, 0.717) is 41.5 Å². The molecule has 1 N–H and O–H groups in total. The third-order valence-corrected chi connectivity index (χ3v) is 6.57. The Morgan fingerprint density at radius 3 is 2.62 bits per heavy atom. The molecule has 8 heteroatoms. The third-order valence-electron chi connectivity index (χ3n) is 4.09. The van der Waals surface area contributed by atoms with E-state index in [9.17, 15) is 13.2 Å². The van der Waals surface area contributed by atoms with Gasteiger partial charge in [-0.05, 0) is 31.4 Å². The summed E-state index contributed by atoms with van der Waals surface area (Å²) in [6.45, 7) is 3.21. The molecule has 1 amide bonds. The van der Waals surface area contributed by atoms with Crippen LogP contribution in [-0.4, -0.2) is 38.3 Å². The van der Waals surface area contributed by atoms with Crippen LogP contribution < -0.4 is 5.32 Å². The van der Waals surface area contributed by atoms with E-state index in [0.717, 1.165) is 6.42 Å². The normalized spacial score (nSPS) is 19.2. The van der Waals surface area contributed by atoms with Crippen LogP contribution in [0.15, 0.2) is 18.2 Å². The number of carbonyl (C=O) groups is 1. The van der Waals surface area contributed by atoms with Crippen LogP contribution in [0.5, 0.6) is 0 Å². The Labute approximate surface area is 153 Å². The summed E-state index contributed by atoms with van der Waals surface area (Å²) in [4.78, 5) is 12.1. The average molecular weight is 393 g/mol. The lowest BCUT2D eigenvalue weighted by molar-refractivity contribution is -0.126. The molecule has 24 heavy (non-hydrogen) atoms. The molecular weight excluding hydrogens is 371 g/mol. The van der Waals surface area contributed by atoms with Crippen molar-refractivity contribution in [1.29, 1.82) is 0 Å². The molecule has 1 aromatic rings. The lowest BCUT2D eigenvalue weighted by atomic mass is 9.99. The van der Waals surface area contributed by atoms with E-state index in [1.54, 1.807) is 18.2 Å². The number of nitrogens with one attached hydrogen (secondary N) is 1. The highest BCUT2D eigenvalue weighted by Crippen LogP contribution is 2.28. The Hall–Kier alpha value is -0.820. The van der Waals surface area contributed by atoms with Crippen LogP contribution in [0.3, 0.4) is 0 Å². The molecule has 0 aliphatic carbocycles. The number of piperidine rings is 1. The van der Waals surface area contributed by atoms with Gasteiger partial charge in [-0.25, -0.2) is 12.7 Å². The van der Waals surface area contributed by atoms with E-state index in [1.807, 2.05) is 6.92 Å². The van der Waals surface area contributed by atoms with Crippen LogP contribution in [0, 0.1) is 5.92 Å². The Balaban J connectivity index is 2.10. The SMILES string of the molecule is CCCNC(=O)C1CCCN(S(=O)(=O)Cc2c(Cl)cccc2Cl)C1. The third kappa shape index (κ3) is 4.85. The van der Waals surface area contributed by atoms with Gasteiger partial charge in [-0.2, -0.15) is 0 Å². The minimum atomic E-state index is -3.58. The fraction of sp³-hybridized carbons (Fsp3) is 0.562. The quantitative estimate of drug-likeness (QED) is 0.808. The number of hydrogen-bond acceptors (Lipinski definition) is 3. The molecule has 0 aromatic heterocycles. The first-order valence-electron chi connectivity index (χ1n) is 8.03. The first kappa shape index (κ1) is 19.5. The van der Waals surface area contributed by atoms with Gasteiger partial charge in [-0.1, -0.05) is 36.2 Å². The van der Waals surface area contributed by atoms with Crippen LogP contribution in [0.25, 0.3) is 0 Å². The molecule has 1 aliphatic rings. The predicted molar refractivity (Wildman–Crippen MR) is 96.7 cm³/mol. The van der Waals surface area contributed by atoms with Gasteiger partial charge in [0.15, 0.2) is 0 Å². The minimum Gasteiger partial charge on any atom is -0.356 e. The van der Waals surface area contributed by atoms with Gasteiger partial charge in [0.1, 0.15) is 0 Å². The molecule has 0 spiro atoms. The predicted octanol–water partition coefficient (Wildman–Crippen LogP) is 3.06. The Morgan fingerprint density at radius 2 is 2.00 bits per heavy atom. The maximum absolute atomic E-state index is 12.7. The van der Waals surface area contributed by atoms with Crippen LogP contribution >= 0.6 is 23.2 Å². The van der Waals surface area contributed by atoms with Crippen LogP contribution in [0.1, 0.15) is 31.7 Å². The van der Waals surface area contributed by atoms with Crippen LogP contribution in [-0.2, 0) is 20.6 Å². The summed E-state index contributed by atoms with van der Waals surface area (Å²) in [5, 5.41) is 3.51. The summed E-state index contributed by atoms with van der Waals surface area (Å²) >= 11 is 12.2. The van der Waals surface area contributed by atoms with Crippen molar-refractivity contribution in [3.05, 3.63) is 33.8 Å². The molecule has 1 unspecified atom stereocenters. The number of benzene rings is 1. The Kier molecular flexibility index (Phi) is 6.92. The first-order valence-corrected chi connectivity index (χ1v) is 10.4. The monoisotopic (exact) mass is 392 g/mol. The van der Waals surface area contributed by atoms with Crippen molar-refractivity contribution in [2.75, 3.05) is 19.6 Å². The molecule has 134 valence electrons. The zero-order valence-electron chi connectivity index (χ0n) is 13.6. The topological polar surface area (TPSA) is 66.5 Å². The first-order chi connectivity index (χ1) is 11.3.